The van der Waals surface area contributed by atoms with E-state index in [1.54, 1.807) is 0 Å². The highest BCUT2D eigenvalue weighted by molar-refractivity contribution is 5.06. The zero-order valence-electron chi connectivity index (χ0n) is 12.7. The zero-order chi connectivity index (χ0) is 13.9. The Morgan fingerprint density at radius 1 is 1.16 bits per heavy atom. The van der Waals surface area contributed by atoms with Crippen molar-refractivity contribution in [1.82, 2.24) is 5.32 Å². The molecule has 0 amide bonds. The van der Waals surface area contributed by atoms with Gasteiger partial charge in [0, 0.05) is 0 Å². The molecular weight excluding hydrogens is 238 g/mol. The summed E-state index contributed by atoms with van der Waals surface area (Å²) in [5, 5.41) is 3.25. The third kappa shape index (κ3) is 7.38. The molecule has 0 fully saturated rings. The zero-order valence-corrected chi connectivity index (χ0v) is 12.7. The van der Waals surface area contributed by atoms with Gasteiger partial charge < -0.3 is 14.5 Å². The number of rotatable bonds is 11. The maximum absolute atomic E-state index is 5.81. The van der Waals surface area contributed by atoms with Gasteiger partial charge in [-0.2, -0.15) is 0 Å². The molecule has 1 aromatic rings. The second kappa shape index (κ2) is 10.0. The molecule has 0 spiro atoms. The number of furan rings is 1. The summed E-state index contributed by atoms with van der Waals surface area (Å²) in [6.45, 7) is 8.81. The fourth-order valence-corrected chi connectivity index (χ4v) is 2.01. The summed E-state index contributed by atoms with van der Waals surface area (Å²) in [5.41, 5.74) is 0. The molecule has 110 valence electrons. The lowest BCUT2D eigenvalue weighted by Gasteiger charge is -2.11. The molecule has 1 aromatic heterocycles. The van der Waals surface area contributed by atoms with Crippen molar-refractivity contribution < 1.29 is 9.15 Å². The van der Waals surface area contributed by atoms with Crippen LogP contribution in [-0.2, 0) is 17.9 Å². The first-order chi connectivity index (χ1) is 9.26. The Morgan fingerprint density at radius 3 is 2.68 bits per heavy atom. The number of unbranched alkanes of at least 4 members (excludes halogenated alkanes) is 3. The quantitative estimate of drug-likeness (QED) is 0.608. The smallest absolute Gasteiger partial charge is 0.129 e. The van der Waals surface area contributed by atoms with E-state index < -0.39 is 0 Å². The minimum atomic E-state index is 0.319. The Balaban J connectivity index is 2.15. The van der Waals surface area contributed by atoms with Crippen molar-refractivity contribution in [3.8, 4) is 0 Å². The van der Waals surface area contributed by atoms with E-state index in [4.69, 9.17) is 9.15 Å². The van der Waals surface area contributed by atoms with E-state index in [9.17, 15) is 0 Å². The summed E-state index contributed by atoms with van der Waals surface area (Å²) in [4.78, 5) is 0. The van der Waals surface area contributed by atoms with Crippen molar-refractivity contribution in [1.29, 1.82) is 0 Å². The Kier molecular flexibility index (Phi) is 8.59. The molecule has 1 unspecified atom stereocenters. The molecule has 3 nitrogen and oxygen atoms in total. The van der Waals surface area contributed by atoms with Crippen molar-refractivity contribution in [2.24, 2.45) is 0 Å². The van der Waals surface area contributed by atoms with Gasteiger partial charge in [-0.25, -0.2) is 0 Å². The molecule has 0 bridgehead atoms. The molecule has 0 aliphatic carbocycles. The van der Waals surface area contributed by atoms with Gasteiger partial charge in [0.1, 0.15) is 18.1 Å². The molecule has 0 aromatic carbocycles. The van der Waals surface area contributed by atoms with Crippen LogP contribution in [0.5, 0.6) is 0 Å². The summed E-state index contributed by atoms with van der Waals surface area (Å²) in [7, 11) is 0. The molecule has 1 atom stereocenters. The predicted octanol–water partition coefficient (Wildman–Crippen LogP) is 4.26. The van der Waals surface area contributed by atoms with Gasteiger partial charge in [-0.3, -0.25) is 0 Å². The van der Waals surface area contributed by atoms with Gasteiger partial charge in [-0.15, -0.1) is 0 Å². The summed E-state index contributed by atoms with van der Waals surface area (Å²) in [5.74, 6) is 1.91. The van der Waals surface area contributed by atoms with Gasteiger partial charge in [0.05, 0.1) is 12.6 Å². The maximum atomic E-state index is 5.81. The molecule has 19 heavy (non-hydrogen) atoms. The van der Waals surface area contributed by atoms with Crippen LogP contribution in [0.2, 0.25) is 0 Å². The van der Waals surface area contributed by atoms with Gasteiger partial charge >= 0.3 is 0 Å². The first-order valence-electron chi connectivity index (χ1n) is 7.66. The van der Waals surface area contributed by atoms with E-state index >= 15 is 0 Å². The Bertz CT molecular complexity index is 322. The van der Waals surface area contributed by atoms with E-state index in [0.717, 1.165) is 31.0 Å². The van der Waals surface area contributed by atoms with Crippen molar-refractivity contribution in [2.75, 3.05) is 6.54 Å². The van der Waals surface area contributed by atoms with E-state index in [1.165, 1.54) is 25.7 Å². The average Bonchev–Trinajstić information content (AvgIpc) is 2.87. The van der Waals surface area contributed by atoms with Crippen molar-refractivity contribution in [3.63, 3.8) is 0 Å². The van der Waals surface area contributed by atoms with Crippen LogP contribution in [-0.4, -0.2) is 12.6 Å². The molecule has 1 rings (SSSR count). The molecule has 1 heterocycles. The molecule has 0 radical (unpaired) electrons. The van der Waals surface area contributed by atoms with Gasteiger partial charge in [0.25, 0.3) is 0 Å². The number of nitrogens with one attached hydrogen (secondary N) is 1. The standard InChI is InChI=1S/C16H29NO2/c1-4-6-7-8-9-14(3)18-13-16-11-10-15(19-16)12-17-5-2/h10-11,14,17H,4-9,12-13H2,1-3H3. The van der Waals surface area contributed by atoms with E-state index in [2.05, 4.69) is 26.1 Å². The van der Waals surface area contributed by atoms with Crippen LogP contribution >= 0.6 is 0 Å². The Morgan fingerprint density at radius 2 is 1.95 bits per heavy atom. The van der Waals surface area contributed by atoms with Crippen LogP contribution in [0.1, 0.15) is 64.4 Å². The summed E-state index contributed by atoms with van der Waals surface area (Å²) >= 11 is 0. The lowest BCUT2D eigenvalue weighted by molar-refractivity contribution is 0.0355. The van der Waals surface area contributed by atoms with Crippen LogP contribution in [0, 0.1) is 0 Å². The Labute approximate surface area is 117 Å². The van der Waals surface area contributed by atoms with Crippen LogP contribution in [0.25, 0.3) is 0 Å². The van der Waals surface area contributed by atoms with E-state index in [-0.39, 0.29) is 0 Å². The van der Waals surface area contributed by atoms with Crippen LogP contribution in [0.15, 0.2) is 16.5 Å². The Hall–Kier alpha value is -0.800. The van der Waals surface area contributed by atoms with Crippen LogP contribution in [0.3, 0.4) is 0 Å². The number of hydrogen-bond donors (Lipinski definition) is 1. The largest absolute Gasteiger partial charge is 0.462 e. The fourth-order valence-electron chi connectivity index (χ4n) is 2.01. The molecule has 0 saturated carbocycles. The minimum Gasteiger partial charge on any atom is -0.462 e. The minimum absolute atomic E-state index is 0.319. The first kappa shape index (κ1) is 16.3. The SMILES string of the molecule is CCCCCCC(C)OCc1ccc(CNCC)o1. The monoisotopic (exact) mass is 267 g/mol. The van der Waals surface area contributed by atoms with Gasteiger partial charge in [0.2, 0.25) is 0 Å². The van der Waals surface area contributed by atoms with E-state index in [1.807, 2.05) is 12.1 Å². The van der Waals surface area contributed by atoms with Gasteiger partial charge in [-0.05, 0) is 32.0 Å². The normalized spacial score (nSPS) is 12.8. The van der Waals surface area contributed by atoms with Crippen LogP contribution < -0.4 is 5.32 Å². The first-order valence-corrected chi connectivity index (χ1v) is 7.66. The second-order valence-electron chi connectivity index (χ2n) is 5.12. The molecule has 0 aliphatic heterocycles. The third-order valence-electron chi connectivity index (χ3n) is 3.24. The molecule has 0 saturated heterocycles. The summed E-state index contributed by atoms with van der Waals surface area (Å²) < 4.78 is 11.5. The summed E-state index contributed by atoms with van der Waals surface area (Å²) in [6.07, 6.45) is 6.66. The number of hydrogen-bond acceptors (Lipinski definition) is 3. The fraction of sp³-hybridized carbons (Fsp3) is 0.750. The lowest BCUT2D eigenvalue weighted by Crippen LogP contribution is -2.11. The van der Waals surface area contributed by atoms with Crippen LogP contribution in [0.4, 0.5) is 0 Å². The highest BCUT2D eigenvalue weighted by atomic mass is 16.5. The van der Waals surface area contributed by atoms with Crippen molar-refractivity contribution in [2.45, 2.75) is 72.1 Å². The summed E-state index contributed by atoms with van der Waals surface area (Å²) in [6, 6.07) is 4.03. The topological polar surface area (TPSA) is 34.4 Å². The van der Waals surface area contributed by atoms with Gasteiger partial charge in [-0.1, -0.05) is 39.5 Å². The van der Waals surface area contributed by atoms with Crippen molar-refractivity contribution in [3.05, 3.63) is 23.7 Å². The van der Waals surface area contributed by atoms with Crippen molar-refractivity contribution >= 4 is 0 Å². The predicted molar refractivity (Wildman–Crippen MR) is 79.1 cm³/mol. The highest BCUT2D eigenvalue weighted by Crippen LogP contribution is 2.13. The average molecular weight is 267 g/mol. The molecule has 0 aliphatic rings. The third-order valence-corrected chi connectivity index (χ3v) is 3.24. The molecule has 1 N–H and O–H groups in total. The van der Waals surface area contributed by atoms with E-state index in [0.29, 0.717) is 12.7 Å². The van der Waals surface area contributed by atoms with Gasteiger partial charge in [0.15, 0.2) is 0 Å². The maximum Gasteiger partial charge on any atom is 0.129 e. The molecular formula is C16H29NO2. The number of ether oxygens (including phenoxy) is 1. The molecule has 3 heteroatoms. The highest BCUT2D eigenvalue weighted by Gasteiger charge is 2.06. The second-order valence-corrected chi connectivity index (χ2v) is 5.12. The lowest BCUT2D eigenvalue weighted by atomic mass is 10.1.